The normalized spacial score (nSPS) is 23.6. The minimum Gasteiger partial charge on any atom is -0.351 e. The molecule has 1 saturated heterocycles. The van der Waals surface area contributed by atoms with Crippen LogP contribution in [0.4, 0.5) is 4.39 Å². The van der Waals surface area contributed by atoms with Crippen LogP contribution < -0.4 is 10.6 Å². The highest BCUT2D eigenvalue weighted by molar-refractivity contribution is 5.78. The van der Waals surface area contributed by atoms with Crippen molar-refractivity contribution in [2.75, 3.05) is 13.1 Å². The maximum atomic E-state index is 12.9. The van der Waals surface area contributed by atoms with Gasteiger partial charge in [0.2, 0.25) is 5.91 Å². The van der Waals surface area contributed by atoms with Crippen LogP contribution in [0.1, 0.15) is 12.5 Å². The van der Waals surface area contributed by atoms with Crippen LogP contribution >= 0.6 is 0 Å². The summed E-state index contributed by atoms with van der Waals surface area (Å²) < 4.78 is 12.9. The van der Waals surface area contributed by atoms with Crippen LogP contribution in [0.25, 0.3) is 0 Å². The zero-order chi connectivity index (χ0) is 12.3. The number of benzene rings is 1. The van der Waals surface area contributed by atoms with E-state index in [1.54, 1.807) is 12.1 Å². The Hall–Kier alpha value is -1.42. The highest BCUT2D eigenvalue weighted by Crippen LogP contribution is 2.08. The van der Waals surface area contributed by atoms with Crippen LogP contribution in [-0.4, -0.2) is 25.0 Å². The molecule has 2 rings (SSSR count). The quantitative estimate of drug-likeness (QED) is 0.825. The highest BCUT2D eigenvalue weighted by atomic mass is 19.1. The van der Waals surface area contributed by atoms with Gasteiger partial charge in [-0.2, -0.15) is 0 Å². The Morgan fingerprint density at radius 2 is 2.35 bits per heavy atom. The molecule has 0 radical (unpaired) electrons. The van der Waals surface area contributed by atoms with Gasteiger partial charge in [-0.05, 0) is 30.2 Å². The lowest BCUT2D eigenvalue weighted by Gasteiger charge is -2.16. The first-order valence-electron chi connectivity index (χ1n) is 5.89. The van der Waals surface area contributed by atoms with Gasteiger partial charge in [-0.1, -0.05) is 19.1 Å². The molecule has 1 heterocycles. The second-order valence-electron chi connectivity index (χ2n) is 4.62. The Morgan fingerprint density at radius 3 is 3.00 bits per heavy atom. The van der Waals surface area contributed by atoms with Crippen molar-refractivity contribution in [2.45, 2.75) is 19.4 Å². The SMILES string of the molecule is CC1CNCC1NC(=O)Cc1cccc(F)c1. The molecule has 4 heteroatoms. The summed E-state index contributed by atoms with van der Waals surface area (Å²) in [7, 11) is 0. The molecule has 1 aromatic carbocycles. The summed E-state index contributed by atoms with van der Waals surface area (Å²) in [5, 5.41) is 6.20. The third-order valence-corrected chi connectivity index (χ3v) is 3.12. The summed E-state index contributed by atoms with van der Waals surface area (Å²) in [6.07, 6.45) is 0.237. The van der Waals surface area contributed by atoms with Gasteiger partial charge >= 0.3 is 0 Å². The average molecular weight is 236 g/mol. The Morgan fingerprint density at radius 1 is 1.53 bits per heavy atom. The molecule has 0 aliphatic carbocycles. The molecule has 3 nitrogen and oxygen atoms in total. The van der Waals surface area contributed by atoms with Crippen LogP contribution in [0.15, 0.2) is 24.3 Å². The van der Waals surface area contributed by atoms with Crippen molar-refractivity contribution in [3.63, 3.8) is 0 Å². The lowest BCUT2D eigenvalue weighted by atomic mass is 10.1. The summed E-state index contributed by atoms with van der Waals surface area (Å²) in [6, 6.07) is 6.35. The summed E-state index contributed by atoms with van der Waals surface area (Å²) >= 11 is 0. The van der Waals surface area contributed by atoms with E-state index in [0.29, 0.717) is 11.5 Å². The predicted octanol–water partition coefficient (Wildman–Crippen LogP) is 1.09. The van der Waals surface area contributed by atoms with E-state index in [4.69, 9.17) is 0 Å². The van der Waals surface area contributed by atoms with Gasteiger partial charge in [0.15, 0.2) is 0 Å². The summed E-state index contributed by atoms with van der Waals surface area (Å²) in [5.74, 6) is 0.105. The van der Waals surface area contributed by atoms with Crippen molar-refractivity contribution in [1.29, 1.82) is 0 Å². The molecular formula is C13H17FN2O. The molecule has 1 aromatic rings. The van der Waals surface area contributed by atoms with Crippen LogP contribution in [0, 0.1) is 11.7 Å². The molecule has 92 valence electrons. The van der Waals surface area contributed by atoms with Gasteiger partial charge < -0.3 is 10.6 Å². The van der Waals surface area contributed by atoms with Crippen molar-refractivity contribution in [3.05, 3.63) is 35.6 Å². The van der Waals surface area contributed by atoms with Gasteiger partial charge in [-0.3, -0.25) is 4.79 Å². The topological polar surface area (TPSA) is 41.1 Å². The molecular weight excluding hydrogens is 219 g/mol. The summed E-state index contributed by atoms with van der Waals surface area (Å²) in [4.78, 5) is 11.8. The van der Waals surface area contributed by atoms with Crippen molar-refractivity contribution in [3.8, 4) is 0 Å². The molecule has 0 saturated carbocycles. The van der Waals surface area contributed by atoms with Gasteiger partial charge in [0.05, 0.1) is 6.42 Å². The fourth-order valence-corrected chi connectivity index (χ4v) is 2.09. The molecule has 2 atom stereocenters. The smallest absolute Gasteiger partial charge is 0.224 e. The molecule has 2 unspecified atom stereocenters. The van der Waals surface area contributed by atoms with Crippen LogP contribution in [0.2, 0.25) is 0 Å². The number of carbonyl (C=O) groups excluding carboxylic acids is 1. The van der Waals surface area contributed by atoms with E-state index in [2.05, 4.69) is 17.6 Å². The Bertz CT molecular complexity index is 408. The predicted molar refractivity (Wildman–Crippen MR) is 64.1 cm³/mol. The van der Waals surface area contributed by atoms with E-state index in [0.717, 1.165) is 13.1 Å². The lowest BCUT2D eigenvalue weighted by molar-refractivity contribution is -0.121. The minimum atomic E-state index is -0.300. The van der Waals surface area contributed by atoms with E-state index in [1.165, 1.54) is 12.1 Å². The average Bonchev–Trinajstić information content (AvgIpc) is 2.64. The number of hydrogen-bond donors (Lipinski definition) is 2. The van der Waals surface area contributed by atoms with E-state index < -0.39 is 0 Å². The molecule has 17 heavy (non-hydrogen) atoms. The van der Waals surface area contributed by atoms with E-state index in [-0.39, 0.29) is 24.2 Å². The second-order valence-corrected chi connectivity index (χ2v) is 4.62. The van der Waals surface area contributed by atoms with Crippen LogP contribution in [0.3, 0.4) is 0 Å². The number of nitrogens with one attached hydrogen (secondary N) is 2. The summed E-state index contributed by atoms with van der Waals surface area (Å²) in [6.45, 7) is 3.86. The number of rotatable bonds is 3. The Balaban J connectivity index is 1.89. The second kappa shape index (κ2) is 5.27. The lowest BCUT2D eigenvalue weighted by Crippen LogP contribution is -2.40. The van der Waals surface area contributed by atoms with Gasteiger partial charge in [0.25, 0.3) is 0 Å². The third-order valence-electron chi connectivity index (χ3n) is 3.12. The van der Waals surface area contributed by atoms with Gasteiger partial charge in [-0.25, -0.2) is 4.39 Å². The number of hydrogen-bond acceptors (Lipinski definition) is 2. The van der Waals surface area contributed by atoms with Gasteiger partial charge in [0, 0.05) is 12.6 Å². The Labute approximate surface area is 100 Å². The standard InChI is InChI=1S/C13H17FN2O/c1-9-7-15-8-12(9)16-13(17)6-10-3-2-4-11(14)5-10/h2-5,9,12,15H,6-8H2,1H3,(H,16,17). The Kier molecular flexibility index (Phi) is 3.74. The molecule has 1 aliphatic heterocycles. The highest BCUT2D eigenvalue weighted by Gasteiger charge is 2.24. The van der Waals surface area contributed by atoms with Crippen molar-refractivity contribution in [1.82, 2.24) is 10.6 Å². The van der Waals surface area contributed by atoms with Crippen molar-refractivity contribution >= 4 is 5.91 Å². The van der Waals surface area contributed by atoms with Crippen LogP contribution in [0.5, 0.6) is 0 Å². The first kappa shape index (κ1) is 12.0. The molecule has 1 fully saturated rings. The maximum Gasteiger partial charge on any atom is 0.224 e. The van der Waals surface area contributed by atoms with Crippen molar-refractivity contribution in [2.24, 2.45) is 5.92 Å². The van der Waals surface area contributed by atoms with Crippen LogP contribution in [-0.2, 0) is 11.2 Å². The largest absolute Gasteiger partial charge is 0.351 e. The first-order valence-corrected chi connectivity index (χ1v) is 5.89. The van der Waals surface area contributed by atoms with Gasteiger partial charge in [-0.15, -0.1) is 0 Å². The minimum absolute atomic E-state index is 0.0452. The first-order chi connectivity index (χ1) is 8.15. The molecule has 1 amide bonds. The molecule has 2 N–H and O–H groups in total. The fraction of sp³-hybridized carbons (Fsp3) is 0.462. The number of halogens is 1. The number of carbonyl (C=O) groups is 1. The molecule has 0 spiro atoms. The molecule has 0 aromatic heterocycles. The molecule has 0 bridgehead atoms. The number of amides is 1. The van der Waals surface area contributed by atoms with E-state index >= 15 is 0 Å². The maximum absolute atomic E-state index is 12.9. The third kappa shape index (κ3) is 3.27. The zero-order valence-corrected chi connectivity index (χ0v) is 9.87. The van der Waals surface area contributed by atoms with Crippen molar-refractivity contribution < 1.29 is 9.18 Å². The van der Waals surface area contributed by atoms with E-state index in [1.807, 2.05) is 0 Å². The van der Waals surface area contributed by atoms with Gasteiger partial charge in [0.1, 0.15) is 5.82 Å². The summed E-state index contributed by atoms with van der Waals surface area (Å²) in [5.41, 5.74) is 0.709. The molecule has 1 aliphatic rings. The zero-order valence-electron chi connectivity index (χ0n) is 9.87. The monoisotopic (exact) mass is 236 g/mol. The van der Waals surface area contributed by atoms with E-state index in [9.17, 15) is 9.18 Å². The fourth-order valence-electron chi connectivity index (χ4n) is 2.09.